The van der Waals surface area contributed by atoms with E-state index in [2.05, 4.69) is 22.9 Å². The Balaban J connectivity index is 2.51. The van der Waals surface area contributed by atoms with Gasteiger partial charge in [0.05, 0.1) is 11.5 Å². The quantitative estimate of drug-likeness (QED) is 0.857. The van der Waals surface area contributed by atoms with Crippen LogP contribution in [0.15, 0.2) is 21.5 Å². The molecule has 2 atom stereocenters. The third-order valence-corrected chi connectivity index (χ3v) is 8.23. The van der Waals surface area contributed by atoms with Crippen molar-refractivity contribution in [1.82, 2.24) is 4.31 Å². The second kappa shape index (κ2) is 6.58. The molecule has 1 saturated heterocycles. The maximum absolute atomic E-state index is 13.0. The highest BCUT2D eigenvalue weighted by molar-refractivity contribution is 9.10. The summed E-state index contributed by atoms with van der Waals surface area (Å²) in [5.41, 5.74) is 1.28. The normalized spacial score (nSPS) is 24.2. The van der Waals surface area contributed by atoms with Crippen LogP contribution in [0.1, 0.15) is 25.0 Å². The van der Waals surface area contributed by atoms with Crippen LogP contribution in [0.3, 0.4) is 0 Å². The van der Waals surface area contributed by atoms with Gasteiger partial charge in [0.25, 0.3) is 0 Å². The SMILES string of the molecule is Cc1c(Br)cc(CO)cc1S(=O)(=O)N1CCSC(C)C1C. The molecule has 1 heterocycles. The van der Waals surface area contributed by atoms with Gasteiger partial charge in [-0.25, -0.2) is 8.42 Å². The number of aliphatic hydroxyl groups is 1. The van der Waals surface area contributed by atoms with E-state index in [0.717, 1.165) is 5.75 Å². The van der Waals surface area contributed by atoms with Crippen LogP contribution in [-0.2, 0) is 16.6 Å². The highest BCUT2D eigenvalue weighted by Crippen LogP contribution is 2.33. The van der Waals surface area contributed by atoms with Crippen LogP contribution in [0, 0.1) is 6.92 Å². The van der Waals surface area contributed by atoms with Crippen LogP contribution < -0.4 is 0 Å². The van der Waals surface area contributed by atoms with Gasteiger partial charge in [0, 0.05) is 28.1 Å². The predicted octanol–water partition coefficient (Wildman–Crippen LogP) is 2.76. The zero-order chi connectivity index (χ0) is 15.8. The molecule has 0 spiro atoms. The van der Waals surface area contributed by atoms with Crippen molar-refractivity contribution in [2.45, 2.75) is 43.6 Å². The number of hydrogen-bond donors (Lipinski definition) is 1. The lowest BCUT2D eigenvalue weighted by molar-refractivity contribution is 0.281. The molecule has 1 aliphatic heterocycles. The Morgan fingerprint density at radius 3 is 2.71 bits per heavy atom. The largest absolute Gasteiger partial charge is 0.392 e. The standard InChI is InChI=1S/C14H20BrNO3S2/c1-9-13(15)6-12(8-17)7-14(9)21(18,19)16-4-5-20-11(3)10(16)2/h6-7,10-11,17H,4-5,8H2,1-3H3. The van der Waals surface area contributed by atoms with E-state index in [-0.39, 0.29) is 22.8 Å². The van der Waals surface area contributed by atoms with E-state index in [1.165, 1.54) is 0 Å². The molecule has 0 amide bonds. The molecule has 0 aliphatic carbocycles. The zero-order valence-corrected chi connectivity index (χ0v) is 15.6. The first-order chi connectivity index (χ1) is 9.78. The lowest BCUT2D eigenvalue weighted by Crippen LogP contribution is -2.48. The van der Waals surface area contributed by atoms with Gasteiger partial charge in [-0.3, -0.25) is 0 Å². The minimum atomic E-state index is -3.55. The Hall–Kier alpha value is -0.0800. The molecule has 1 N–H and O–H groups in total. The molecule has 0 saturated carbocycles. The number of aliphatic hydroxyl groups excluding tert-OH is 1. The van der Waals surface area contributed by atoms with Crippen LogP contribution in [-0.4, -0.2) is 41.4 Å². The lowest BCUT2D eigenvalue weighted by atomic mass is 10.2. The highest BCUT2D eigenvalue weighted by atomic mass is 79.9. The van der Waals surface area contributed by atoms with E-state index in [1.54, 1.807) is 35.1 Å². The fourth-order valence-electron chi connectivity index (χ4n) is 2.44. The van der Waals surface area contributed by atoms with E-state index in [9.17, 15) is 13.5 Å². The molecular weight excluding hydrogens is 374 g/mol. The number of rotatable bonds is 3. The van der Waals surface area contributed by atoms with Crippen molar-refractivity contribution in [2.75, 3.05) is 12.3 Å². The van der Waals surface area contributed by atoms with E-state index in [1.807, 2.05) is 6.92 Å². The van der Waals surface area contributed by atoms with Gasteiger partial charge in [-0.2, -0.15) is 16.1 Å². The second-order valence-corrected chi connectivity index (χ2v) is 9.49. The first-order valence-electron chi connectivity index (χ1n) is 6.82. The summed E-state index contributed by atoms with van der Waals surface area (Å²) < 4.78 is 28.3. The minimum Gasteiger partial charge on any atom is -0.392 e. The Labute approximate surface area is 139 Å². The van der Waals surface area contributed by atoms with Crippen molar-refractivity contribution in [3.05, 3.63) is 27.7 Å². The number of hydrogen-bond acceptors (Lipinski definition) is 4. The first-order valence-corrected chi connectivity index (χ1v) is 10.1. The Bertz CT molecular complexity index is 633. The molecular formula is C14H20BrNO3S2. The molecule has 7 heteroatoms. The van der Waals surface area contributed by atoms with Crippen molar-refractivity contribution < 1.29 is 13.5 Å². The van der Waals surface area contributed by atoms with E-state index >= 15 is 0 Å². The topological polar surface area (TPSA) is 57.6 Å². The van der Waals surface area contributed by atoms with Crippen LogP contribution >= 0.6 is 27.7 Å². The molecule has 2 unspecified atom stereocenters. The molecule has 21 heavy (non-hydrogen) atoms. The Morgan fingerprint density at radius 1 is 1.43 bits per heavy atom. The molecule has 4 nitrogen and oxygen atoms in total. The fraction of sp³-hybridized carbons (Fsp3) is 0.571. The summed E-state index contributed by atoms with van der Waals surface area (Å²) in [6.45, 7) is 6.14. The van der Waals surface area contributed by atoms with Crippen LogP contribution in [0.25, 0.3) is 0 Å². The average Bonchev–Trinajstić information content (AvgIpc) is 2.44. The van der Waals surface area contributed by atoms with Gasteiger partial charge in [-0.05, 0) is 37.1 Å². The van der Waals surface area contributed by atoms with Crippen LogP contribution in [0.2, 0.25) is 0 Å². The van der Waals surface area contributed by atoms with Crippen LogP contribution in [0.4, 0.5) is 0 Å². The summed E-state index contributed by atoms with van der Waals surface area (Å²) in [7, 11) is -3.55. The third-order valence-electron chi connectivity index (χ3n) is 3.95. The van der Waals surface area contributed by atoms with Gasteiger partial charge in [0.15, 0.2) is 0 Å². The molecule has 0 radical (unpaired) electrons. The zero-order valence-electron chi connectivity index (χ0n) is 12.3. The maximum Gasteiger partial charge on any atom is 0.243 e. The van der Waals surface area contributed by atoms with Crippen LogP contribution in [0.5, 0.6) is 0 Å². The number of halogens is 1. The Kier molecular flexibility index (Phi) is 5.41. The van der Waals surface area contributed by atoms with E-state index < -0.39 is 10.0 Å². The molecule has 2 rings (SSSR count). The van der Waals surface area contributed by atoms with Gasteiger partial charge in [0.1, 0.15) is 0 Å². The molecule has 1 aliphatic rings. The smallest absolute Gasteiger partial charge is 0.243 e. The van der Waals surface area contributed by atoms with Gasteiger partial charge in [0.2, 0.25) is 10.0 Å². The maximum atomic E-state index is 13.0. The summed E-state index contributed by atoms with van der Waals surface area (Å²) in [5, 5.41) is 9.59. The van der Waals surface area contributed by atoms with Crippen molar-refractivity contribution >= 4 is 37.7 Å². The summed E-state index contributed by atoms with van der Waals surface area (Å²) in [6.07, 6.45) is 0. The van der Waals surface area contributed by atoms with Crippen molar-refractivity contribution in [3.63, 3.8) is 0 Å². The molecule has 0 bridgehead atoms. The molecule has 0 aromatic heterocycles. The minimum absolute atomic E-state index is 0.0373. The first kappa shape index (κ1) is 17.3. The van der Waals surface area contributed by atoms with E-state index in [4.69, 9.17) is 0 Å². The molecule has 1 aromatic carbocycles. The van der Waals surface area contributed by atoms with Crippen molar-refractivity contribution in [2.24, 2.45) is 0 Å². The monoisotopic (exact) mass is 393 g/mol. The Morgan fingerprint density at radius 2 is 2.10 bits per heavy atom. The predicted molar refractivity (Wildman–Crippen MR) is 90.1 cm³/mol. The highest BCUT2D eigenvalue weighted by Gasteiger charge is 2.36. The van der Waals surface area contributed by atoms with Gasteiger partial charge < -0.3 is 5.11 Å². The molecule has 1 aromatic rings. The number of thioether (sulfide) groups is 1. The summed E-state index contributed by atoms with van der Waals surface area (Å²) in [4.78, 5) is 0.284. The third kappa shape index (κ3) is 3.32. The second-order valence-electron chi connectivity index (χ2n) is 5.29. The number of sulfonamides is 1. The van der Waals surface area contributed by atoms with Gasteiger partial charge in [-0.15, -0.1) is 0 Å². The van der Waals surface area contributed by atoms with E-state index in [0.29, 0.717) is 22.1 Å². The van der Waals surface area contributed by atoms with Crippen molar-refractivity contribution in [3.8, 4) is 0 Å². The average molecular weight is 394 g/mol. The fourth-order valence-corrected chi connectivity index (χ4v) is 6.37. The van der Waals surface area contributed by atoms with Crippen molar-refractivity contribution in [1.29, 1.82) is 0 Å². The number of nitrogens with zero attached hydrogens (tertiary/aromatic N) is 1. The summed E-state index contributed by atoms with van der Waals surface area (Å²) in [6, 6.07) is 3.30. The summed E-state index contributed by atoms with van der Waals surface area (Å²) in [5.74, 6) is 0.810. The molecule has 1 fully saturated rings. The van der Waals surface area contributed by atoms with Gasteiger partial charge in [-0.1, -0.05) is 22.9 Å². The molecule has 118 valence electrons. The number of benzene rings is 1. The summed E-state index contributed by atoms with van der Waals surface area (Å²) >= 11 is 5.18. The lowest BCUT2D eigenvalue weighted by Gasteiger charge is -2.36. The van der Waals surface area contributed by atoms with Gasteiger partial charge >= 0.3 is 0 Å².